The molecule has 1 atom stereocenters. The average Bonchev–Trinajstić information content (AvgIpc) is 2.75. The summed E-state index contributed by atoms with van der Waals surface area (Å²) in [6.45, 7) is 8.32. The molecule has 2 rings (SSSR count). The fraction of sp³-hybridized carbons (Fsp3) is 0.417. The van der Waals surface area contributed by atoms with Gasteiger partial charge in [0, 0.05) is 13.1 Å². The molecule has 0 heterocycles. The Morgan fingerprint density at radius 3 is 2.37 bits per heavy atom. The summed E-state index contributed by atoms with van der Waals surface area (Å²) in [5, 5.41) is 2.83. The Bertz CT molecular complexity index is 837. The van der Waals surface area contributed by atoms with Crippen molar-refractivity contribution in [3.05, 3.63) is 65.5 Å². The molecule has 6 heteroatoms. The summed E-state index contributed by atoms with van der Waals surface area (Å²) >= 11 is 0. The van der Waals surface area contributed by atoms with E-state index in [9.17, 15) is 14.0 Å². The van der Waals surface area contributed by atoms with Gasteiger partial charge in [0.25, 0.3) is 5.91 Å². The number of hydrogen-bond donors (Lipinski definition) is 1. The molecule has 0 bridgehead atoms. The van der Waals surface area contributed by atoms with Gasteiger partial charge in [0.15, 0.2) is 6.61 Å². The topological polar surface area (TPSA) is 58.6 Å². The summed E-state index contributed by atoms with van der Waals surface area (Å²) in [6, 6.07) is 12.8. The third-order valence-electron chi connectivity index (χ3n) is 4.87. The number of para-hydroxylation sites is 1. The Balaban J connectivity index is 2.16. The number of nitrogens with zero attached hydrogens (tertiary/aromatic N) is 1. The lowest BCUT2D eigenvalue weighted by Crippen LogP contribution is -2.49. The molecule has 0 saturated carbocycles. The molecule has 0 spiro atoms. The highest BCUT2D eigenvalue weighted by atomic mass is 19.1. The minimum Gasteiger partial charge on any atom is -0.483 e. The van der Waals surface area contributed by atoms with Gasteiger partial charge in [-0.25, -0.2) is 4.39 Å². The number of nitrogens with one attached hydrogen (secondary N) is 1. The summed E-state index contributed by atoms with van der Waals surface area (Å²) in [5.74, 6) is 0.0296. The molecule has 30 heavy (non-hydrogen) atoms. The van der Waals surface area contributed by atoms with E-state index in [0.717, 1.165) is 17.5 Å². The lowest BCUT2D eigenvalue weighted by molar-refractivity contribution is -0.142. The third-order valence-corrected chi connectivity index (χ3v) is 4.87. The van der Waals surface area contributed by atoms with Crippen molar-refractivity contribution >= 4 is 11.8 Å². The predicted octanol–water partition coefficient (Wildman–Crippen LogP) is 4.27. The molecular formula is C24H31FN2O3. The van der Waals surface area contributed by atoms with Gasteiger partial charge in [-0.1, -0.05) is 51.1 Å². The molecule has 5 nitrogen and oxygen atoms in total. The van der Waals surface area contributed by atoms with E-state index in [1.54, 1.807) is 19.1 Å². The third kappa shape index (κ3) is 6.58. The zero-order chi connectivity index (χ0) is 22.1. The van der Waals surface area contributed by atoms with Gasteiger partial charge in [-0.2, -0.15) is 0 Å². The number of hydrogen-bond acceptors (Lipinski definition) is 3. The van der Waals surface area contributed by atoms with E-state index in [2.05, 4.69) is 19.2 Å². The van der Waals surface area contributed by atoms with Gasteiger partial charge in [0.2, 0.25) is 5.91 Å². The summed E-state index contributed by atoms with van der Waals surface area (Å²) in [5.41, 5.74) is 1.76. The Morgan fingerprint density at radius 1 is 1.07 bits per heavy atom. The Hall–Kier alpha value is -2.89. The first kappa shape index (κ1) is 23.4. The molecule has 1 N–H and O–H groups in total. The van der Waals surface area contributed by atoms with Crippen molar-refractivity contribution < 1.29 is 18.7 Å². The molecular weight excluding hydrogens is 383 g/mol. The summed E-state index contributed by atoms with van der Waals surface area (Å²) in [4.78, 5) is 27.0. The van der Waals surface area contributed by atoms with Crippen LogP contribution in [0.5, 0.6) is 5.75 Å². The van der Waals surface area contributed by atoms with E-state index in [4.69, 9.17) is 4.74 Å². The number of halogens is 1. The standard InChI is InChI=1S/C24H31FN2O3/c1-5-14-26-24(29)18(4)27(15-19-10-12-20(25)13-11-19)23(28)16-30-22-9-7-6-8-21(22)17(2)3/h6-13,17-18H,5,14-16H2,1-4H3,(H,26,29)/t18-/m0/s1. The van der Waals surface area contributed by atoms with Crippen LogP contribution in [0.2, 0.25) is 0 Å². The lowest BCUT2D eigenvalue weighted by atomic mass is 10.0. The van der Waals surface area contributed by atoms with E-state index in [0.29, 0.717) is 12.3 Å². The smallest absolute Gasteiger partial charge is 0.261 e. The van der Waals surface area contributed by atoms with Gasteiger partial charge < -0.3 is 15.0 Å². The molecule has 0 aliphatic rings. The highest BCUT2D eigenvalue weighted by molar-refractivity contribution is 5.87. The fourth-order valence-electron chi connectivity index (χ4n) is 3.08. The maximum Gasteiger partial charge on any atom is 0.261 e. The predicted molar refractivity (Wildman–Crippen MR) is 116 cm³/mol. The van der Waals surface area contributed by atoms with Gasteiger partial charge in [0.05, 0.1) is 0 Å². The van der Waals surface area contributed by atoms with Crippen molar-refractivity contribution in [1.82, 2.24) is 10.2 Å². The summed E-state index contributed by atoms with van der Waals surface area (Å²) in [7, 11) is 0. The van der Waals surface area contributed by atoms with E-state index >= 15 is 0 Å². The second kappa shape index (κ2) is 11.3. The molecule has 0 radical (unpaired) electrons. The van der Waals surface area contributed by atoms with Gasteiger partial charge in [0.1, 0.15) is 17.6 Å². The first-order chi connectivity index (χ1) is 14.3. The Morgan fingerprint density at radius 2 is 1.73 bits per heavy atom. The molecule has 2 aromatic carbocycles. The first-order valence-corrected chi connectivity index (χ1v) is 10.4. The lowest BCUT2D eigenvalue weighted by Gasteiger charge is -2.29. The van der Waals surface area contributed by atoms with Gasteiger partial charge in [-0.3, -0.25) is 9.59 Å². The molecule has 0 aliphatic heterocycles. The number of carbonyl (C=O) groups is 2. The number of benzene rings is 2. The quantitative estimate of drug-likeness (QED) is 0.632. The highest BCUT2D eigenvalue weighted by Crippen LogP contribution is 2.26. The van der Waals surface area contributed by atoms with Crippen LogP contribution in [0.25, 0.3) is 0 Å². The van der Waals surface area contributed by atoms with E-state index in [-0.39, 0.29) is 36.7 Å². The van der Waals surface area contributed by atoms with Gasteiger partial charge in [-0.15, -0.1) is 0 Å². The van der Waals surface area contributed by atoms with Crippen molar-refractivity contribution in [2.75, 3.05) is 13.2 Å². The summed E-state index contributed by atoms with van der Waals surface area (Å²) in [6.07, 6.45) is 0.805. The van der Waals surface area contributed by atoms with Crippen LogP contribution in [-0.4, -0.2) is 35.9 Å². The first-order valence-electron chi connectivity index (χ1n) is 10.4. The number of amides is 2. The molecule has 0 fully saturated rings. The van der Waals surface area contributed by atoms with Crippen LogP contribution < -0.4 is 10.1 Å². The molecule has 2 amide bonds. The highest BCUT2D eigenvalue weighted by Gasteiger charge is 2.26. The minimum absolute atomic E-state index is 0.184. The summed E-state index contributed by atoms with van der Waals surface area (Å²) < 4.78 is 19.1. The van der Waals surface area contributed by atoms with Crippen molar-refractivity contribution in [2.45, 2.75) is 52.6 Å². The van der Waals surface area contributed by atoms with E-state index in [1.807, 2.05) is 31.2 Å². The van der Waals surface area contributed by atoms with Crippen LogP contribution in [0.4, 0.5) is 4.39 Å². The van der Waals surface area contributed by atoms with Crippen LogP contribution in [0, 0.1) is 5.82 Å². The van der Waals surface area contributed by atoms with Crippen molar-refractivity contribution in [3.8, 4) is 5.75 Å². The van der Waals surface area contributed by atoms with E-state index in [1.165, 1.54) is 17.0 Å². The number of rotatable bonds is 10. The monoisotopic (exact) mass is 414 g/mol. The van der Waals surface area contributed by atoms with Crippen molar-refractivity contribution in [2.24, 2.45) is 0 Å². The van der Waals surface area contributed by atoms with Crippen molar-refractivity contribution in [3.63, 3.8) is 0 Å². The second-order valence-corrected chi connectivity index (χ2v) is 7.60. The zero-order valence-corrected chi connectivity index (χ0v) is 18.2. The van der Waals surface area contributed by atoms with Crippen LogP contribution in [0.3, 0.4) is 0 Å². The van der Waals surface area contributed by atoms with Crippen LogP contribution in [0.1, 0.15) is 51.2 Å². The molecule has 0 aliphatic carbocycles. The minimum atomic E-state index is -0.682. The van der Waals surface area contributed by atoms with Crippen LogP contribution in [-0.2, 0) is 16.1 Å². The maximum absolute atomic E-state index is 13.3. The molecule has 162 valence electrons. The zero-order valence-electron chi connectivity index (χ0n) is 18.2. The molecule has 2 aromatic rings. The largest absolute Gasteiger partial charge is 0.483 e. The van der Waals surface area contributed by atoms with Crippen LogP contribution in [0.15, 0.2) is 48.5 Å². The maximum atomic E-state index is 13.3. The average molecular weight is 415 g/mol. The van der Waals surface area contributed by atoms with E-state index < -0.39 is 6.04 Å². The van der Waals surface area contributed by atoms with Gasteiger partial charge >= 0.3 is 0 Å². The van der Waals surface area contributed by atoms with Crippen molar-refractivity contribution in [1.29, 1.82) is 0 Å². The second-order valence-electron chi connectivity index (χ2n) is 7.60. The molecule has 0 unspecified atom stereocenters. The molecule has 0 saturated heterocycles. The Kier molecular flexibility index (Phi) is 8.84. The SMILES string of the molecule is CCCNC(=O)[C@H](C)N(Cc1ccc(F)cc1)C(=O)COc1ccccc1C(C)C. The number of carbonyl (C=O) groups excluding carboxylic acids is 2. The normalized spacial score (nSPS) is 11.8. The molecule has 0 aromatic heterocycles. The fourth-order valence-corrected chi connectivity index (χ4v) is 3.08. The Labute approximate surface area is 178 Å². The van der Waals surface area contributed by atoms with Gasteiger partial charge in [-0.05, 0) is 48.6 Å². The number of ether oxygens (including phenoxy) is 1. The van der Waals surface area contributed by atoms with Crippen LogP contribution >= 0.6 is 0 Å².